The molecule has 3 heterocycles. The van der Waals surface area contributed by atoms with Crippen molar-refractivity contribution in [1.82, 2.24) is 25.1 Å². The first-order valence-corrected chi connectivity index (χ1v) is 11.5. The molecule has 1 aromatic carbocycles. The molecule has 13 heteroatoms. The van der Waals surface area contributed by atoms with Gasteiger partial charge in [-0.2, -0.15) is 5.26 Å². The summed E-state index contributed by atoms with van der Waals surface area (Å²) in [5.74, 6) is -1.31. The lowest BCUT2D eigenvalue weighted by Gasteiger charge is -2.52. The van der Waals surface area contributed by atoms with E-state index in [0.29, 0.717) is 22.2 Å². The number of rotatable bonds is 7. The van der Waals surface area contributed by atoms with Crippen LogP contribution in [0.3, 0.4) is 0 Å². The van der Waals surface area contributed by atoms with E-state index < -0.39 is 23.3 Å². The van der Waals surface area contributed by atoms with Crippen LogP contribution < -0.4 is 4.90 Å². The molecule has 1 N–H and O–H groups in total. The molecule has 0 bridgehead atoms. The zero-order valence-corrected chi connectivity index (χ0v) is 18.4. The quantitative estimate of drug-likeness (QED) is 0.458. The lowest BCUT2D eigenvalue weighted by atomic mass is 10.0. The van der Waals surface area contributed by atoms with E-state index in [-0.39, 0.29) is 23.9 Å². The van der Waals surface area contributed by atoms with E-state index in [2.05, 4.69) is 15.5 Å². The van der Waals surface area contributed by atoms with E-state index in [1.165, 1.54) is 44.9 Å². The van der Waals surface area contributed by atoms with Crippen molar-refractivity contribution in [2.24, 2.45) is 0 Å². The minimum absolute atomic E-state index is 0.0242. The molecule has 4 rings (SSSR count). The van der Waals surface area contributed by atoms with Crippen LogP contribution in [0.15, 0.2) is 46.8 Å². The van der Waals surface area contributed by atoms with Crippen LogP contribution in [0.2, 0.25) is 0 Å². The summed E-state index contributed by atoms with van der Waals surface area (Å²) in [5.41, 5.74) is 1.07. The highest BCUT2D eigenvalue weighted by molar-refractivity contribution is 8.01. The van der Waals surface area contributed by atoms with Crippen molar-refractivity contribution in [2.75, 3.05) is 16.4 Å². The van der Waals surface area contributed by atoms with E-state index in [4.69, 9.17) is 5.26 Å². The van der Waals surface area contributed by atoms with Crippen LogP contribution in [0.1, 0.15) is 6.92 Å². The predicted molar refractivity (Wildman–Crippen MR) is 115 cm³/mol. The summed E-state index contributed by atoms with van der Waals surface area (Å²) >= 11 is 2.61. The molecule has 32 heavy (non-hydrogen) atoms. The number of carboxylic acid groups (broad SMARTS) is 1. The van der Waals surface area contributed by atoms with Gasteiger partial charge in [-0.05, 0) is 28.1 Å². The fourth-order valence-electron chi connectivity index (χ4n) is 3.62. The Kier molecular flexibility index (Phi) is 6.15. The molecule has 1 saturated heterocycles. The molecule has 0 radical (unpaired) electrons. The van der Waals surface area contributed by atoms with Gasteiger partial charge < -0.3 is 5.11 Å². The Labute approximate surface area is 191 Å². The van der Waals surface area contributed by atoms with E-state index in [1.54, 1.807) is 24.3 Å². The number of carbonyl (C=O) groups is 3. The summed E-state index contributed by atoms with van der Waals surface area (Å²) in [7, 11) is 0. The number of hydrogen-bond donors (Lipinski definition) is 1. The predicted octanol–water partition coefficient (Wildman–Crippen LogP) is 0.964. The molecule has 11 nitrogen and oxygen atoms in total. The molecule has 2 aliphatic heterocycles. The monoisotopic (exact) mass is 471 g/mol. The molecule has 0 spiro atoms. The lowest BCUT2D eigenvalue weighted by molar-refractivity contribution is -0.149. The summed E-state index contributed by atoms with van der Waals surface area (Å²) < 4.78 is 1.32. The molecule has 0 aliphatic carbocycles. The van der Waals surface area contributed by atoms with E-state index in [9.17, 15) is 19.5 Å². The Morgan fingerprint density at radius 2 is 2.12 bits per heavy atom. The second-order valence-electron chi connectivity index (χ2n) is 6.90. The Hall–Kier alpha value is -3.37. The molecule has 1 aromatic heterocycles. The number of fused-ring (bicyclic) bond motifs is 1. The zero-order chi connectivity index (χ0) is 22.8. The van der Waals surface area contributed by atoms with Gasteiger partial charge in [0.2, 0.25) is 11.1 Å². The Morgan fingerprint density at radius 1 is 1.38 bits per heavy atom. The molecule has 2 aromatic rings. The van der Waals surface area contributed by atoms with Crippen LogP contribution in [-0.4, -0.2) is 70.9 Å². The molecule has 2 atom stereocenters. The SMILES string of the molecule is CC(=O)N(c1ccccc1)C1C(=O)N2C(C(=O)O)=C(CSc3nnnn3CC#N)CS[C@@H]12. The van der Waals surface area contributed by atoms with Gasteiger partial charge in [0, 0.05) is 24.1 Å². The highest BCUT2D eigenvalue weighted by atomic mass is 32.2. The fourth-order valence-corrected chi connectivity index (χ4v) is 6.03. The van der Waals surface area contributed by atoms with Crippen LogP contribution in [0, 0.1) is 11.3 Å². The topological polar surface area (TPSA) is 145 Å². The van der Waals surface area contributed by atoms with Crippen molar-refractivity contribution in [1.29, 1.82) is 5.26 Å². The van der Waals surface area contributed by atoms with Gasteiger partial charge in [0.25, 0.3) is 5.91 Å². The van der Waals surface area contributed by atoms with Crippen LogP contribution >= 0.6 is 23.5 Å². The van der Waals surface area contributed by atoms with Gasteiger partial charge in [0.1, 0.15) is 23.7 Å². The first-order valence-electron chi connectivity index (χ1n) is 9.44. The van der Waals surface area contributed by atoms with E-state index in [0.717, 1.165) is 0 Å². The highest BCUT2D eigenvalue weighted by Crippen LogP contribution is 2.44. The second-order valence-corrected chi connectivity index (χ2v) is 8.95. The van der Waals surface area contributed by atoms with Crippen LogP contribution in [0.25, 0.3) is 0 Å². The maximum atomic E-state index is 13.1. The van der Waals surface area contributed by atoms with Crippen molar-refractivity contribution in [3.05, 3.63) is 41.6 Å². The van der Waals surface area contributed by atoms with Crippen LogP contribution in [0.5, 0.6) is 0 Å². The minimum atomic E-state index is -1.21. The van der Waals surface area contributed by atoms with Gasteiger partial charge in [0.05, 0.1) is 6.07 Å². The average Bonchev–Trinajstić information content (AvgIpc) is 3.22. The third kappa shape index (κ3) is 3.82. The summed E-state index contributed by atoms with van der Waals surface area (Å²) in [5, 5.41) is 29.7. The number of carbonyl (C=O) groups excluding carboxylic acids is 2. The van der Waals surface area contributed by atoms with Gasteiger partial charge in [-0.1, -0.05) is 30.0 Å². The molecule has 0 saturated carbocycles. The molecule has 2 aliphatic rings. The summed E-state index contributed by atoms with van der Waals surface area (Å²) in [6.45, 7) is 1.36. The molecule has 1 fully saturated rings. The molecular formula is C19H17N7O4S2. The number of tetrazole rings is 1. The van der Waals surface area contributed by atoms with Crippen molar-refractivity contribution < 1.29 is 19.5 Å². The third-order valence-corrected chi connectivity index (χ3v) is 7.34. The Bertz CT molecular complexity index is 1140. The largest absolute Gasteiger partial charge is 0.477 e. The van der Waals surface area contributed by atoms with Crippen LogP contribution in [-0.2, 0) is 20.9 Å². The first-order chi connectivity index (χ1) is 15.4. The smallest absolute Gasteiger partial charge is 0.352 e. The number of nitrogens with zero attached hydrogens (tertiary/aromatic N) is 7. The van der Waals surface area contributed by atoms with Crippen molar-refractivity contribution >= 4 is 47.0 Å². The number of para-hydroxylation sites is 1. The Balaban J connectivity index is 1.58. The summed E-state index contributed by atoms with van der Waals surface area (Å²) in [6, 6.07) is 10.0. The molecule has 1 unspecified atom stereocenters. The number of aliphatic carboxylic acids is 1. The lowest BCUT2D eigenvalue weighted by Crippen LogP contribution is -2.71. The van der Waals surface area contributed by atoms with Gasteiger partial charge in [-0.15, -0.1) is 16.9 Å². The molecule has 2 amide bonds. The maximum absolute atomic E-state index is 13.1. The standard InChI is InChI=1S/C19H17N7O4S2/c1-11(27)25(13-5-3-2-4-6-13)15-16(28)26-14(18(29)30)12(9-31-17(15)26)10-32-19-21-22-23-24(19)8-7-20/h2-6,15,17H,8-10H2,1H3,(H,29,30)/t15?,17-/m0/s1. The number of β-lactam (4-membered cyclic amide) rings is 1. The van der Waals surface area contributed by atoms with Crippen LogP contribution in [0.4, 0.5) is 5.69 Å². The van der Waals surface area contributed by atoms with Crippen molar-refractivity contribution in [3.63, 3.8) is 0 Å². The molecular weight excluding hydrogens is 454 g/mol. The number of thioether (sulfide) groups is 2. The van der Waals surface area contributed by atoms with Crippen molar-refractivity contribution in [3.8, 4) is 6.07 Å². The third-order valence-electron chi connectivity index (χ3n) is 4.97. The first kappa shape index (κ1) is 21.8. The average molecular weight is 472 g/mol. The second kappa shape index (κ2) is 9.01. The maximum Gasteiger partial charge on any atom is 0.352 e. The van der Waals surface area contributed by atoms with Gasteiger partial charge in [-0.3, -0.25) is 19.4 Å². The fraction of sp³-hybridized carbons (Fsp3) is 0.316. The molecule has 164 valence electrons. The highest BCUT2D eigenvalue weighted by Gasteiger charge is 2.56. The summed E-state index contributed by atoms with van der Waals surface area (Å²) in [4.78, 5) is 40.2. The number of hydrogen-bond acceptors (Lipinski definition) is 9. The van der Waals surface area contributed by atoms with Gasteiger partial charge >= 0.3 is 5.97 Å². The van der Waals surface area contributed by atoms with E-state index in [1.807, 2.05) is 12.1 Å². The van der Waals surface area contributed by atoms with Gasteiger partial charge in [0.15, 0.2) is 0 Å². The zero-order valence-electron chi connectivity index (χ0n) is 16.8. The number of anilines is 1. The van der Waals surface area contributed by atoms with E-state index >= 15 is 0 Å². The van der Waals surface area contributed by atoms with Crippen molar-refractivity contribution in [2.45, 2.75) is 30.0 Å². The number of amides is 2. The number of benzene rings is 1. The minimum Gasteiger partial charge on any atom is -0.477 e. The number of aromatic nitrogens is 4. The summed E-state index contributed by atoms with van der Waals surface area (Å²) in [6.07, 6.45) is 0. The Morgan fingerprint density at radius 3 is 2.78 bits per heavy atom. The normalized spacial score (nSPS) is 19.8. The number of carboxylic acids is 1. The van der Waals surface area contributed by atoms with Gasteiger partial charge in [-0.25, -0.2) is 9.48 Å². The number of nitriles is 1.